The Hall–Kier alpha value is -2.17. The number of likely N-dealkylation sites (tertiary alicyclic amines) is 1. The summed E-state index contributed by atoms with van der Waals surface area (Å²) in [7, 11) is 0. The smallest absolute Gasteiger partial charge is 0.139 e. The maximum Gasteiger partial charge on any atom is 0.139 e. The number of aryl methyl sites for hydroxylation is 1. The Balaban J connectivity index is 1.55. The van der Waals surface area contributed by atoms with Gasteiger partial charge in [0, 0.05) is 37.8 Å². The predicted octanol–water partition coefficient (Wildman–Crippen LogP) is 2.57. The third kappa shape index (κ3) is 2.64. The molecule has 2 N–H and O–H groups in total. The van der Waals surface area contributed by atoms with Gasteiger partial charge in [-0.3, -0.25) is 4.90 Å². The number of hydrogen-bond acceptors (Lipinski definition) is 3. The summed E-state index contributed by atoms with van der Waals surface area (Å²) >= 11 is 0. The van der Waals surface area contributed by atoms with Crippen LogP contribution in [0.3, 0.4) is 0 Å². The van der Waals surface area contributed by atoms with Crippen molar-refractivity contribution >= 4 is 5.65 Å². The van der Waals surface area contributed by atoms with Crippen LogP contribution in [0.15, 0.2) is 54.9 Å². The topological polar surface area (TPSA) is 46.6 Å². The molecule has 1 saturated heterocycles. The van der Waals surface area contributed by atoms with E-state index in [1.54, 1.807) is 0 Å². The summed E-state index contributed by atoms with van der Waals surface area (Å²) in [5.74, 6) is 0.414. The summed E-state index contributed by atoms with van der Waals surface area (Å²) in [6.07, 6.45) is 4.08. The molecule has 0 bridgehead atoms. The van der Waals surface area contributed by atoms with Gasteiger partial charge in [0.05, 0.1) is 11.9 Å². The minimum absolute atomic E-state index is 0.193. The molecule has 23 heavy (non-hydrogen) atoms. The Morgan fingerprint density at radius 2 is 1.96 bits per heavy atom. The van der Waals surface area contributed by atoms with Gasteiger partial charge in [-0.1, -0.05) is 36.4 Å². The van der Waals surface area contributed by atoms with Gasteiger partial charge in [0.1, 0.15) is 5.65 Å². The summed E-state index contributed by atoms with van der Waals surface area (Å²) < 4.78 is 2.19. The molecule has 1 fully saturated rings. The van der Waals surface area contributed by atoms with Crippen molar-refractivity contribution in [1.29, 1.82) is 0 Å². The van der Waals surface area contributed by atoms with Crippen LogP contribution in [0.1, 0.15) is 22.7 Å². The third-order valence-electron chi connectivity index (χ3n) is 4.86. The first-order chi connectivity index (χ1) is 11.2. The minimum atomic E-state index is 0.193. The lowest BCUT2D eigenvalue weighted by Gasteiger charge is -2.16. The average molecular weight is 306 g/mol. The zero-order chi connectivity index (χ0) is 15.8. The summed E-state index contributed by atoms with van der Waals surface area (Å²) in [4.78, 5) is 7.00. The van der Waals surface area contributed by atoms with Gasteiger partial charge in [0.25, 0.3) is 0 Å². The van der Waals surface area contributed by atoms with Crippen molar-refractivity contribution < 1.29 is 0 Å². The van der Waals surface area contributed by atoms with Crippen LogP contribution in [-0.4, -0.2) is 33.4 Å². The van der Waals surface area contributed by atoms with E-state index >= 15 is 0 Å². The van der Waals surface area contributed by atoms with Crippen molar-refractivity contribution in [1.82, 2.24) is 14.3 Å². The molecule has 3 heterocycles. The monoisotopic (exact) mass is 306 g/mol. The summed E-state index contributed by atoms with van der Waals surface area (Å²) in [5.41, 5.74) is 11.2. The van der Waals surface area contributed by atoms with Crippen molar-refractivity contribution in [2.45, 2.75) is 25.4 Å². The van der Waals surface area contributed by atoms with Crippen LogP contribution in [-0.2, 0) is 6.54 Å². The number of fused-ring (bicyclic) bond motifs is 1. The molecule has 2 aromatic heterocycles. The number of imidazole rings is 1. The second-order valence-corrected chi connectivity index (χ2v) is 6.51. The van der Waals surface area contributed by atoms with E-state index in [0.29, 0.717) is 5.92 Å². The Kier molecular flexibility index (Phi) is 3.63. The lowest BCUT2D eigenvalue weighted by molar-refractivity contribution is 0.319. The lowest BCUT2D eigenvalue weighted by Crippen LogP contribution is -2.28. The molecule has 1 aromatic carbocycles. The molecule has 3 aromatic rings. The number of pyridine rings is 1. The normalized spacial score (nSPS) is 22.0. The van der Waals surface area contributed by atoms with Crippen LogP contribution in [0, 0.1) is 6.92 Å². The molecule has 0 saturated carbocycles. The van der Waals surface area contributed by atoms with Gasteiger partial charge < -0.3 is 10.1 Å². The molecule has 0 spiro atoms. The molecule has 118 valence electrons. The summed E-state index contributed by atoms with van der Waals surface area (Å²) in [6.45, 7) is 4.92. The second kappa shape index (κ2) is 5.80. The first kappa shape index (κ1) is 14.4. The van der Waals surface area contributed by atoms with Crippen LogP contribution < -0.4 is 5.73 Å². The second-order valence-electron chi connectivity index (χ2n) is 6.51. The first-order valence-electron chi connectivity index (χ1n) is 8.17. The summed E-state index contributed by atoms with van der Waals surface area (Å²) in [5, 5.41) is 0. The third-order valence-corrected chi connectivity index (χ3v) is 4.86. The van der Waals surface area contributed by atoms with Crippen LogP contribution in [0.4, 0.5) is 0 Å². The highest BCUT2D eigenvalue weighted by Gasteiger charge is 2.31. The fraction of sp³-hybridized carbons (Fsp3) is 0.316. The van der Waals surface area contributed by atoms with Crippen molar-refractivity contribution in [3.8, 4) is 0 Å². The van der Waals surface area contributed by atoms with Gasteiger partial charge in [0.2, 0.25) is 0 Å². The Labute approximate surface area is 136 Å². The molecule has 4 heteroatoms. The van der Waals surface area contributed by atoms with Gasteiger partial charge in [0.15, 0.2) is 0 Å². The number of nitrogens with two attached hydrogens (primary N) is 1. The summed E-state index contributed by atoms with van der Waals surface area (Å²) in [6, 6.07) is 15.0. The average Bonchev–Trinajstić information content (AvgIpc) is 3.14. The van der Waals surface area contributed by atoms with Crippen LogP contribution >= 0.6 is 0 Å². The number of nitrogens with zero attached hydrogens (tertiary/aromatic N) is 3. The Bertz CT molecular complexity index is 809. The van der Waals surface area contributed by atoms with E-state index in [1.165, 1.54) is 16.8 Å². The van der Waals surface area contributed by atoms with E-state index < -0.39 is 0 Å². The SMILES string of the molecule is Cc1cccn2c(CN3C[C@@H](N)[C@H](c4ccccc4)C3)cnc12. The molecular weight excluding hydrogens is 284 g/mol. The van der Waals surface area contributed by atoms with Gasteiger partial charge in [-0.15, -0.1) is 0 Å². The van der Waals surface area contributed by atoms with Crippen LogP contribution in [0.25, 0.3) is 5.65 Å². The predicted molar refractivity (Wildman–Crippen MR) is 92.4 cm³/mol. The van der Waals surface area contributed by atoms with Gasteiger partial charge in [-0.2, -0.15) is 0 Å². The molecule has 4 rings (SSSR count). The van der Waals surface area contributed by atoms with Gasteiger partial charge in [-0.05, 0) is 24.1 Å². The van der Waals surface area contributed by atoms with Crippen LogP contribution in [0.2, 0.25) is 0 Å². The molecule has 2 atom stereocenters. The fourth-order valence-electron chi connectivity index (χ4n) is 3.64. The van der Waals surface area contributed by atoms with E-state index in [2.05, 4.69) is 69.9 Å². The minimum Gasteiger partial charge on any atom is -0.326 e. The highest BCUT2D eigenvalue weighted by atomic mass is 15.2. The zero-order valence-corrected chi connectivity index (χ0v) is 13.4. The van der Waals surface area contributed by atoms with E-state index in [0.717, 1.165) is 25.3 Å². The molecule has 1 aliphatic heterocycles. The van der Waals surface area contributed by atoms with Crippen molar-refractivity contribution in [3.63, 3.8) is 0 Å². The quantitative estimate of drug-likeness (QED) is 0.809. The molecule has 0 aliphatic carbocycles. The van der Waals surface area contributed by atoms with Crippen LogP contribution in [0.5, 0.6) is 0 Å². The van der Waals surface area contributed by atoms with Gasteiger partial charge in [-0.25, -0.2) is 4.98 Å². The highest BCUT2D eigenvalue weighted by Crippen LogP contribution is 2.27. The van der Waals surface area contributed by atoms with Crippen molar-refractivity contribution in [3.05, 3.63) is 71.7 Å². The molecule has 0 unspecified atom stereocenters. The van der Waals surface area contributed by atoms with Crippen molar-refractivity contribution in [2.24, 2.45) is 5.73 Å². The highest BCUT2D eigenvalue weighted by molar-refractivity contribution is 5.48. The Morgan fingerprint density at radius 3 is 2.78 bits per heavy atom. The fourth-order valence-corrected chi connectivity index (χ4v) is 3.64. The molecule has 0 radical (unpaired) electrons. The molecule has 4 nitrogen and oxygen atoms in total. The standard InChI is InChI=1S/C19H22N4/c1-14-6-5-9-23-16(10-21-19(14)23)11-22-12-17(18(20)13-22)15-7-3-2-4-8-15/h2-10,17-18H,11-13,20H2,1H3/t17-,18+/m0/s1. The molecule has 1 aliphatic rings. The van der Waals surface area contributed by atoms with Crippen molar-refractivity contribution in [2.75, 3.05) is 13.1 Å². The largest absolute Gasteiger partial charge is 0.326 e. The number of rotatable bonds is 3. The molecular formula is C19H22N4. The van der Waals surface area contributed by atoms with Gasteiger partial charge >= 0.3 is 0 Å². The zero-order valence-electron chi connectivity index (χ0n) is 13.4. The first-order valence-corrected chi connectivity index (χ1v) is 8.17. The lowest BCUT2D eigenvalue weighted by atomic mass is 9.95. The number of aromatic nitrogens is 2. The Morgan fingerprint density at radius 1 is 1.13 bits per heavy atom. The number of hydrogen-bond donors (Lipinski definition) is 1. The maximum atomic E-state index is 6.40. The van der Waals surface area contributed by atoms with E-state index in [-0.39, 0.29) is 6.04 Å². The van der Waals surface area contributed by atoms with E-state index in [9.17, 15) is 0 Å². The molecule has 0 amide bonds. The van der Waals surface area contributed by atoms with E-state index in [1.807, 2.05) is 6.20 Å². The maximum absolute atomic E-state index is 6.40. The number of benzene rings is 1. The van der Waals surface area contributed by atoms with E-state index in [4.69, 9.17) is 5.73 Å².